The molecule has 4 aromatic heterocycles. The zero-order chi connectivity index (χ0) is 40.7. The molecule has 10 rings (SSSR count). The summed E-state index contributed by atoms with van der Waals surface area (Å²) in [5.41, 5.74) is 1.68. The van der Waals surface area contributed by atoms with Gasteiger partial charge in [-0.1, -0.05) is 7.43 Å². The summed E-state index contributed by atoms with van der Waals surface area (Å²) in [6, 6.07) is 1.34. The van der Waals surface area contributed by atoms with Crippen LogP contribution in [0.2, 0.25) is 0 Å². The van der Waals surface area contributed by atoms with E-state index in [2.05, 4.69) is 51.4 Å². The molecule has 4 aliphatic heterocycles. The molecule has 328 valence electrons. The van der Waals surface area contributed by atoms with Crippen LogP contribution in [0.1, 0.15) is 79.7 Å². The minimum atomic E-state index is -0.773. The maximum absolute atomic E-state index is 11.9. The third-order valence-electron chi connectivity index (χ3n) is 12.1. The third kappa shape index (κ3) is 10.4. The van der Waals surface area contributed by atoms with Crippen molar-refractivity contribution in [2.24, 2.45) is 0 Å². The van der Waals surface area contributed by atoms with Crippen molar-refractivity contribution in [2.75, 3.05) is 66.8 Å². The van der Waals surface area contributed by atoms with Crippen molar-refractivity contribution in [3.63, 3.8) is 0 Å². The van der Waals surface area contributed by atoms with Crippen molar-refractivity contribution in [1.29, 1.82) is 0 Å². The first-order valence-electron chi connectivity index (χ1n) is 20.6. The fraction of sp³-hybridized carbons (Fsp3) is 0.659. The lowest BCUT2D eigenvalue weighted by Crippen LogP contribution is -2.46. The van der Waals surface area contributed by atoms with Gasteiger partial charge in [-0.05, 0) is 56.9 Å². The maximum Gasteiger partial charge on any atom is 0.410 e. The number of amides is 1. The fourth-order valence-corrected chi connectivity index (χ4v) is 11.3. The number of nitrogens with zero attached hydrogens (tertiary/aromatic N) is 7. The molecule has 0 bridgehead atoms. The SMILES string of the molecule is C.COC(=O)Cl.COC(=O)N1Cc2sc3ncnc(OC4CCC(N5CCOCC5)CC4)c3c2C1.c1nc(OC2CCC(N3CCOCC3)CC2)c2c3c(sc2n1)CNC3. The first kappa shape index (κ1) is 44.6. The normalized spacial score (nSPS) is 24.2. The van der Waals surface area contributed by atoms with Gasteiger partial charge in [-0.25, -0.2) is 29.5 Å². The fourth-order valence-electron chi connectivity index (χ4n) is 9.06. The predicted molar refractivity (Wildman–Crippen MR) is 230 cm³/mol. The first-order chi connectivity index (χ1) is 28.9. The Balaban J connectivity index is 0.000000162. The molecule has 1 N–H and O–H groups in total. The highest BCUT2D eigenvalue weighted by Crippen LogP contribution is 2.42. The predicted octanol–water partition coefficient (Wildman–Crippen LogP) is 6.74. The summed E-state index contributed by atoms with van der Waals surface area (Å²) >= 11 is 7.99. The molecule has 0 spiro atoms. The smallest absolute Gasteiger partial charge is 0.410 e. The number of ether oxygens (including phenoxy) is 6. The van der Waals surface area contributed by atoms with Crippen LogP contribution < -0.4 is 14.8 Å². The average Bonchev–Trinajstić information content (AvgIpc) is 4.07. The molecule has 0 unspecified atom stereocenters. The summed E-state index contributed by atoms with van der Waals surface area (Å²) in [6.45, 7) is 10.6. The van der Waals surface area contributed by atoms with Crippen LogP contribution in [-0.4, -0.2) is 137 Å². The van der Waals surface area contributed by atoms with Gasteiger partial charge in [0.25, 0.3) is 0 Å². The number of morpholine rings is 2. The summed E-state index contributed by atoms with van der Waals surface area (Å²) in [7, 11) is 2.63. The zero-order valence-corrected chi connectivity index (χ0v) is 36.1. The number of hydrogen-bond donors (Lipinski definition) is 1. The van der Waals surface area contributed by atoms with Gasteiger partial charge in [-0.2, -0.15) is 0 Å². The second kappa shape index (κ2) is 21.1. The van der Waals surface area contributed by atoms with Crippen LogP contribution >= 0.6 is 34.3 Å². The number of carbonyl (C=O) groups excluding carboxylic acids is 2. The number of aromatic nitrogens is 4. The van der Waals surface area contributed by atoms with E-state index in [1.54, 1.807) is 40.2 Å². The quantitative estimate of drug-likeness (QED) is 0.203. The van der Waals surface area contributed by atoms with E-state index < -0.39 is 5.43 Å². The van der Waals surface area contributed by atoms with Crippen LogP contribution in [0.25, 0.3) is 20.4 Å². The number of halogens is 1. The Morgan fingerprint density at radius 2 is 1.17 bits per heavy atom. The van der Waals surface area contributed by atoms with Crippen molar-refractivity contribution in [3.8, 4) is 11.8 Å². The van der Waals surface area contributed by atoms with E-state index in [0.29, 0.717) is 31.1 Å². The largest absolute Gasteiger partial charge is 0.474 e. The molecule has 16 nitrogen and oxygen atoms in total. The summed E-state index contributed by atoms with van der Waals surface area (Å²) in [6.07, 6.45) is 12.4. The van der Waals surface area contributed by atoms with Gasteiger partial charge in [-0.15, -0.1) is 22.7 Å². The minimum absolute atomic E-state index is 0. The zero-order valence-electron chi connectivity index (χ0n) is 33.7. The molecule has 0 radical (unpaired) electrons. The molecular weight excluding hydrogens is 832 g/mol. The number of rotatable bonds is 6. The lowest BCUT2D eigenvalue weighted by molar-refractivity contribution is -0.00132. The summed E-state index contributed by atoms with van der Waals surface area (Å²) in [5, 5.41) is 5.52. The standard InChI is InChI=1S/C20H26N4O4S.C18H24N4O2S.C2H3ClO2.CH4/c1-26-20(25)24-10-15-16(11-24)29-19-17(15)18(21-12-22-19)28-14-4-2-13(3-5-14)23-6-8-27-9-7-23;1-3-13(4-2-12(1)22-5-7-23-8-6-22)24-17-16-14-9-19-10-15(14)25-18(16)21-11-20-17;1-5-2(3)4;/h12-14H,2-11H2,1H3;11-13,19H,1-10H2;1H3;1H4. The monoisotopic (exact) mass is 888 g/mol. The molecule has 19 heteroatoms. The maximum atomic E-state index is 11.9. The Morgan fingerprint density at radius 1 is 0.683 bits per heavy atom. The summed E-state index contributed by atoms with van der Waals surface area (Å²) < 4.78 is 32.5. The molecule has 4 fully saturated rings. The Labute approximate surface area is 364 Å². The first-order valence-corrected chi connectivity index (χ1v) is 22.6. The number of nitrogens with one attached hydrogen (secondary N) is 1. The van der Waals surface area contributed by atoms with Gasteiger partial charge in [0.1, 0.15) is 34.5 Å². The Hall–Kier alpha value is -3.49. The van der Waals surface area contributed by atoms with Crippen molar-refractivity contribution in [1.82, 2.24) is 40.0 Å². The highest BCUT2D eigenvalue weighted by atomic mass is 35.5. The van der Waals surface area contributed by atoms with Gasteiger partial charge in [-0.3, -0.25) is 14.7 Å². The van der Waals surface area contributed by atoms with Crippen molar-refractivity contribution in [2.45, 2.75) is 109 Å². The van der Waals surface area contributed by atoms with Gasteiger partial charge in [0.2, 0.25) is 11.8 Å². The minimum Gasteiger partial charge on any atom is -0.474 e. The molecule has 8 heterocycles. The molecule has 1 amide bonds. The van der Waals surface area contributed by atoms with E-state index in [1.807, 2.05) is 0 Å². The molecule has 2 saturated heterocycles. The second-order valence-electron chi connectivity index (χ2n) is 15.5. The van der Waals surface area contributed by atoms with Crippen LogP contribution in [0.5, 0.6) is 11.8 Å². The van der Waals surface area contributed by atoms with Crippen molar-refractivity contribution in [3.05, 3.63) is 33.5 Å². The second-order valence-corrected chi connectivity index (χ2v) is 18.0. The van der Waals surface area contributed by atoms with E-state index in [4.69, 9.17) is 23.7 Å². The highest BCUT2D eigenvalue weighted by Gasteiger charge is 2.33. The van der Waals surface area contributed by atoms with Crippen LogP contribution in [0.15, 0.2) is 12.7 Å². The van der Waals surface area contributed by atoms with Gasteiger partial charge >= 0.3 is 11.5 Å². The molecular formula is C41H57ClN8O8S2. The lowest BCUT2D eigenvalue weighted by atomic mass is 9.91. The molecule has 6 aliphatic rings. The van der Waals surface area contributed by atoms with Gasteiger partial charge in [0, 0.05) is 78.3 Å². The van der Waals surface area contributed by atoms with Crippen molar-refractivity contribution < 1.29 is 38.0 Å². The number of thiophene rings is 2. The Kier molecular flexibility index (Phi) is 15.6. The van der Waals surface area contributed by atoms with Gasteiger partial charge in [0.05, 0.1) is 64.5 Å². The van der Waals surface area contributed by atoms with E-state index in [9.17, 15) is 9.59 Å². The number of fused-ring (bicyclic) bond motifs is 6. The highest BCUT2D eigenvalue weighted by molar-refractivity contribution is 7.19. The van der Waals surface area contributed by atoms with Gasteiger partial charge < -0.3 is 33.7 Å². The van der Waals surface area contributed by atoms with E-state index >= 15 is 0 Å². The summed E-state index contributed by atoms with van der Waals surface area (Å²) in [5.74, 6) is 1.45. The Bertz CT molecular complexity index is 2050. The number of methoxy groups -OCH3 is 2. The van der Waals surface area contributed by atoms with Crippen LogP contribution in [0.3, 0.4) is 0 Å². The number of hydrogen-bond acceptors (Lipinski definition) is 17. The molecule has 4 aromatic rings. The molecule has 60 heavy (non-hydrogen) atoms. The Morgan fingerprint density at radius 3 is 1.65 bits per heavy atom. The van der Waals surface area contributed by atoms with Crippen LogP contribution in [0.4, 0.5) is 9.59 Å². The van der Waals surface area contributed by atoms with Gasteiger partial charge in [0.15, 0.2) is 0 Å². The van der Waals surface area contributed by atoms with E-state index in [0.717, 1.165) is 141 Å². The van der Waals surface area contributed by atoms with E-state index in [-0.39, 0.29) is 25.7 Å². The average molecular weight is 890 g/mol. The molecule has 2 saturated carbocycles. The third-order valence-corrected chi connectivity index (χ3v) is 14.5. The molecule has 0 atom stereocenters. The van der Waals surface area contributed by atoms with Crippen LogP contribution in [0, 0.1) is 0 Å². The van der Waals surface area contributed by atoms with E-state index in [1.165, 1.54) is 37.5 Å². The number of carbonyl (C=O) groups is 2. The topological polar surface area (TPSA) is 163 Å². The lowest BCUT2D eigenvalue weighted by Gasteiger charge is -2.38. The van der Waals surface area contributed by atoms with Crippen molar-refractivity contribution >= 4 is 66.2 Å². The molecule has 2 aliphatic carbocycles. The van der Waals surface area contributed by atoms with Crippen LogP contribution in [-0.2, 0) is 45.1 Å². The molecule has 0 aromatic carbocycles. The summed E-state index contributed by atoms with van der Waals surface area (Å²) in [4.78, 5) is 50.5.